The maximum atomic E-state index is 12.7. The van der Waals surface area contributed by atoms with E-state index in [1.54, 1.807) is 26.3 Å². The second kappa shape index (κ2) is 12.0. The number of methoxy groups -OCH3 is 1. The van der Waals surface area contributed by atoms with Crippen LogP contribution in [-0.2, 0) is 4.79 Å². The number of aliphatic carboxylic acids is 1. The molecule has 1 saturated carbocycles. The molecule has 3 aromatic rings. The molecule has 37 heavy (non-hydrogen) atoms. The molecular formula is C29H36N4O4. The van der Waals surface area contributed by atoms with E-state index in [9.17, 15) is 9.59 Å². The highest BCUT2D eigenvalue weighted by atomic mass is 16.5. The van der Waals surface area contributed by atoms with Crippen LogP contribution in [0.15, 0.2) is 54.7 Å². The quantitative estimate of drug-likeness (QED) is 0.380. The molecular weight excluding hydrogens is 468 g/mol. The molecule has 196 valence electrons. The first kappa shape index (κ1) is 26.3. The summed E-state index contributed by atoms with van der Waals surface area (Å²) < 4.78 is 7.22. The first-order chi connectivity index (χ1) is 17.9. The molecule has 8 heteroatoms. The van der Waals surface area contributed by atoms with Gasteiger partial charge in [-0.25, -0.2) is 4.68 Å². The first-order valence-electron chi connectivity index (χ1n) is 12.9. The number of nitrogens with zero attached hydrogens (tertiary/aromatic N) is 3. The summed E-state index contributed by atoms with van der Waals surface area (Å²) in [7, 11) is 3.28. The van der Waals surface area contributed by atoms with Crippen molar-refractivity contribution in [2.24, 2.45) is 5.92 Å². The number of carbonyl (C=O) groups is 2. The molecule has 1 heterocycles. The van der Waals surface area contributed by atoms with Gasteiger partial charge in [-0.2, -0.15) is 5.10 Å². The molecule has 1 amide bonds. The Morgan fingerprint density at radius 1 is 1.11 bits per heavy atom. The molecule has 8 nitrogen and oxygen atoms in total. The number of carboxylic acid groups (broad SMARTS) is 1. The fourth-order valence-corrected chi connectivity index (χ4v) is 5.00. The molecule has 0 aliphatic heterocycles. The average Bonchev–Trinajstić information content (AvgIpc) is 3.31. The van der Waals surface area contributed by atoms with Crippen LogP contribution >= 0.6 is 0 Å². The van der Waals surface area contributed by atoms with Crippen molar-refractivity contribution < 1.29 is 19.4 Å². The van der Waals surface area contributed by atoms with Gasteiger partial charge in [-0.3, -0.25) is 9.59 Å². The number of amides is 1. The Kier molecular flexibility index (Phi) is 8.48. The zero-order valence-corrected chi connectivity index (χ0v) is 21.8. The average molecular weight is 505 g/mol. The predicted octanol–water partition coefficient (Wildman–Crippen LogP) is 5.47. The minimum absolute atomic E-state index is 0.0552. The number of nitrogens with one attached hydrogen (secondary N) is 1. The minimum Gasteiger partial charge on any atom is -0.497 e. The van der Waals surface area contributed by atoms with Crippen molar-refractivity contribution in [3.8, 4) is 11.4 Å². The Labute approximate surface area is 218 Å². The number of rotatable bonds is 10. The van der Waals surface area contributed by atoms with Gasteiger partial charge in [0.2, 0.25) is 0 Å². The van der Waals surface area contributed by atoms with Gasteiger partial charge in [0.15, 0.2) is 0 Å². The lowest BCUT2D eigenvalue weighted by molar-refractivity contribution is -0.137. The Bertz CT molecular complexity index is 1200. The van der Waals surface area contributed by atoms with E-state index in [1.165, 1.54) is 24.2 Å². The summed E-state index contributed by atoms with van der Waals surface area (Å²) in [6, 6.07) is 15.4. The second-order valence-electron chi connectivity index (χ2n) is 9.81. The Morgan fingerprint density at radius 3 is 2.41 bits per heavy atom. The van der Waals surface area contributed by atoms with Crippen LogP contribution in [0.1, 0.15) is 66.2 Å². The standard InChI is InChI=1S/C29H36N4O4/c1-20-19-33(24-13-15-25(37-3)16-14-24)31-27(20)28(21-7-5-4-6-8-21)30-23-11-9-22(10-12-23)29(36)32(2)18-17-26(34)35/h9-16,19,21,28,30H,4-8,17-18H2,1-3H3,(H,34,35). The fourth-order valence-electron chi connectivity index (χ4n) is 5.00. The summed E-state index contributed by atoms with van der Waals surface area (Å²) >= 11 is 0. The van der Waals surface area contributed by atoms with E-state index in [1.807, 2.05) is 41.1 Å². The topological polar surface area (TPSA) is 96.7 Å². The van der Waals surface area contributed by atoms with Crippen molar-refractivity contribution in [2.45, 2.75) is 51.5 Å². The van der Waals surface area contributed by atoms with Crippen molar-refractivity contribution in [1.82, 2.24) is 14.7 Å². The zero-order chi connectivity index (χ0) is 26.4. The van der Waals surface area contributed by atoms with E-state index in [0.717, 1.165) is 41.2 Å². The highest BCUT2D eigenvalue weighted by molar-refractivity contribution is 5.94. The van der Waals surface area contributed by atoms with Crippen molar-refractivity contribution in [1.29, 1.82) is 0 Å². The Hall–Kier alpha value is -3.81. The number of carbonyl (C=O) groups excluding carboxylic acids is 1. The summed E-state index contributed by atoms with van der Waals surface area (Å²) in [4.78, 5) is 24.9. The minimum atomic E-state index is -0.919. The highest BCUT2D eigenvalue weighted by Crippen LogP contribution is 2.37. The van der Waals surface area contributed by atoms with Crippen LogP contribution in [0.4, 0.5) is 5.69 Å². The molecule has 1 atom stereocenters. The summed E-state index contributed by atoms with van der Waals surface area (Å²) in [5.74, 6) is 0.170. The predicted molar refractivity (Wildman–Crippen MR) is 143 cm³/mol. The second-order valence-corrected chi connectivity index (χ2v) is 9.81. The molecule has 1 fully saturated rings. The van der Waals surface area contributed by atoms with Gasteiger partial charge in [-0.15, -0.1) is 0 Å². The highest BCUT2D eigenvalue weighted by Gasteiger charge is 2.29. The smallest absolute Gasteiger partial charge is 0.305 e. The third-order valence-electron chi connectivity index (χ3n) is 7.15. The molecule has 0 bridgehead atoms. The number of hydrogen-bond acceptors (Lipinski definition) is 5. The molecule has 1 unspecified atom stereocenters. The summed E-state index contributed by atoms with van der Waals surface area (Å²) in [6.45, 7) is 2.28. The number of ether oxygens (including phenoxy) is 1. The van der Waals surface area contributed by atoms with Gasteiger partial charge in [0.05, 0.1) is 31.0 Å². The number of aromatic nitrogens is 2. The third-order valence-corrected chi connectivity index (χ3v) is 7.15. The number of aryl methyl sites for hydroxylation is 1. The maximum absolute atomic E-state index is 12.7. The zero-order valence-electron chi connectivity index (χ0n) is 21.8. The number of hydrogen-bond donors (Lipinski definition) is 2. The van der Waals surface area contributed by atoms with Crippen LogP contribution in [0.5, 0.6) is 5.75 Å². The Morgan fingerprint density at radius 2 is 1.78 bits per heavy atom. The Balaban J connectivity index is 1.55. The van der Waals surface area contributed by atoms with E-state index >= 15 is 0 Å². The van der Waals surface area contributed by atoms with E-state index < -0.39 is 5.97 Å². The van der Waals surface area contributed by atoms with E-state index in [2.05, 4.69) is 18.4 Å². The van der Waals surface area contributed by atoms with Gasteiger partial charge in [0.25, 0.3) is 5.91 Å². The summed E-state index contributed by atoms with van der Waals surface area (Å²) in [5, 5.41) is 17.6. The monoisotopic (exact) mass is 504 g/mol. The number of carboxylic acids is 1. The van der Waals surface area contributed by atoms with Crippen LogP contribution < -0.4 is 10.1 Å². The van der Waals surface area contributed by atoms with Crippen LogP contribution in [0, 0.1) is 12.8 Å². The molecule has 1 aromatic heterocycles. The number of anilines is 1. The summed E-state index contributed by atoms with van der Waals surface area (Å²) in [6.07, 6.45) is 8.01. The normalized spacial score (nSPS) is 14.7. The number of benzene rings is 2. The van der Waals surface area contributed by atoms with Crippen LogP contribution in [0.25, 0.3) is 5.69 Å². The fraction of sp³-hybridized carbons (Fsp3) is 0.414. The first-order valence-corrected chi connectivity index (χ1v) is 12.9. The van der Waals surface area contributed by atoms with Gasteiger partial charge in [-0.05, 0) is 79.8 Å². The lowest BCUT2D eigenvalue weighted by atomic mass is 9.82. The molecule has 4 rings (SSSR count). The van der Waals surface area contributed by atoms with Gasteiger partial charge in [0, 0.05) is 31.0 Å². The van der Waals surface area contributed by atoms with E-state index in [-0.39, 0.29) is 24.9 Å². The molecule has 2 aromatic carbocycles. The molecule has 2 N–H and O–H groups in total. The maximum Gasteiger partial charge on any atom is 0.305 e. The van der Waals surface area contributed by atoms with Crippen LogP contribution in [-0.4, -0.2) is 52.4 Å². The molecule has 0 spiro atoms. The van der Waals surface area contributed by atoms with Gasteiger partial charge >= 0.3 is 5.97 Å². The molecule has 1 aliphatic carbocycles. The van der Waals surface area contributed by atoms with Gasteiger partial charge < -0.3 is 20.1 Å². The van der Waals surface area contributed by atoms with Crippen LogP contribution in [0.3, 0.4) is 0 Å². The van der Waals surface area contributed by atoms with E-state index in [0.29, 0.717) is 11.5 Å². The van der Waals surface area contributed by atoms with Crippen LogP contribution in [0.2, 0.25) is 0 Å². The molecule has 1 aliphatic rings. The lowest BCUT2D eigenvalue weighted by Crippen LogP contribution is -2.29. The van der Waals surface area contributed by atoms with Crippen molar-refractivity contribution in [2.75, 3.05) is 26.0 Å². The van der Waals surface area contributed by atoms with Crippen molar-refractivity contribution in [3.05, 3.63) is 71.5 Å². The lowest BCUT2D eigenvalue weighted by Gasteiger charge is -2.31. The SMILES string of the molecule is COc1ccc(-n2cc(C)c(C(Nc3ccc(C(=O)N(C)CCC(=O)O)cc3)C3CCCCC3)n2)cc1. The molecule has 0 radical (unpaired) electrons. The largest absolute Gasteiger partial charge is 0.497 e. The third kappa shape index (κ3) is 6.50. The summed E-state index contributed by atoms with van der Waals surface area (Å²) in [5.41, 5.74) is 4.61. The van der Waals surface area contributed by atoms with Gasteiger partial charge in [0.1, 0.15) is 5.75 Å². The van der Waals surface area contributed by atoms with Crippen molar-refractivity contribution >= 4 is 17.6 Å². The van der Waals surface area contributed by atoms with Crippen molar-refractivity contribution in [3.63, 3.8) is 0 Å². The van der Waals surface area contributed by atoms with Gasteiger partial charge in [-0.1, -0.05) is 19.3 Å². The molecule has 0 saturated heterocycles. The van der Waals surface area contributed by atoms with E-state index in [4.69, 9.17) is 14.9 Å².